The number of alkyl halides is 3. The van der Waals surface area contributed by atoms with Gasteiger partial charge in [-0.15, -0.1) is 0 Å². The van der Waals surface area contributed by atoms with E-state index in [4.69, 9.17) is 5.73 Å². The van der Waals surface area contributed by atoms with E-state index in [2.05, 4.69) is 20.3 Å². The fourth-order valence-corrected chi connectivity index (χ4v) is 4.78. The molecule has 0 radical (unpaired) electrons. The number of aromatic hydroxyl groups is 1. The van der Waals surface area contributed by atoms with Crippen LogP contribution in [0.25, 0.3) is 33.3 Å². The number of phenols is 1. The van der Waals surface area contributed by atoms with Gasteiger partial charge in [-0.05, 0) is 86.2 Å². The normalized spacial score (nSPS) is 11.7. The topological polar surface area (TPSA) is 117 Å². The summed E-state index contributed by atoms with van der Waals surface area (Å²) >= 11 is 0. The van der Waals surface area contributed by atoms with Crippen LogP contribution in [0.1, 0.15) is 27.0 Å². The van der Waals surface area contributed by atoms with Crippen molar-refractivity contribution in [2.24, 2.45) is 0 Å². The number of nitrogen functional groups attached to an aromatic ring is 1. The number of pyridine rings is 1. The molecule has 5 rings (SSSR count). The van der Waals surface area contributed by atoms with Crippen LogP contribution >= 0.6 is 0 Å². The summed E-state index contributed by atoms with van der Waals surface area (Å²) in [7, 11) is 3.49. The van der Waals surface area contributed by atoms with Gasteiger partial charge in [-0.3, -0.25) is 9.78 Å². The van der Waals surface area contributed by atoms with Crippen LogP contribution < -0.4 is 11.1 Å². The SMILES string of the molecule is Cc1ccc(C(=O)Nc2cc(CN(C)C)cc(C(F)(F)F)c2)cc1-c1cc2cnc(N)nc2c(-c2ccccn2)c1O. The molecule has 0 saturated heterocycles. The van der Waals surface area contributed by atoms with Crippen molar-refractivity contribution in [3.05, 3.63) is 95.3 Å². The summed E-state index contributed by atoms with van der Waals surface area (Å²) in [4.78, 5) is 27.9. The molecule has 2 aromatic heterocycles. The molecule has 0 bridgehead atoms. The summed E-state index contributed by atoms with van der Waals surface area (Å²) in [5, 5.41) is 14.7. The number of amides is 1. The highest BCUT2D eigenvalue weighted by Gasteiger charge is 2.31. The van der Waals surface area contributed by atoms with Crippen molar-refractivity contribution in [2.75, 3.05) is 25.1 Å². The maximum Gasteiger partial charge on any atom is 0.416 e. The van der Waals surface area contributed by atoms with E-state index >= 15 is 0 Å². The van der Waals surface area contributed by atoms with E-state index < -0.39 is 17.6 Å². The number of aromatic nitrogens is 3. The summed E-state index contributed by atoms with van der Waals surface area (Å²) in [5.74, 6) is -0.691. The van der Waals surface area contributed by atoms with Crippen molar-refractivity contribution in [3.63, 3.8) is 0 Å². The van der Waals surface area contributed by atoms with Gasteiger partial charge in [0.25, 0.3) is 5.91 Å². The number of nitrogens with zero attached hydrogens (tertiary/aromatic N) is 4. The Morgan fingerprint density at radius 1 is 1.02 bits per heavy atom. The first-order valence-corrected chi connectivity index (χ1v) is 12.9. The second kappa shape index (κ2) is 11.1. The maximum atomic E-state index is 13.6. The third kappa shape index (κ3) is 5.86. The number of hydrogen-bond acceptors (Lipinski definition) is 7. The number of nitrogens with one attached hydrogen (secondary N) is 1. The van der Waals surface area contributed by atoms with Gasteiger partial charge in [-0.2, -0.15) is 13.2 Å². The van der Waals surface area contributed by atoms with Gasteiger partial charge in [0.05, 0.1) is 22.3 Å². The Hall–Kier alpha value is -5.03. The van der Waals surface area contributed by atoms with E-state index in [-0.39, 0.29) is 29.5 Å². The summed E-state index contributed by atoms with van der Waals surface area (Å²) in [6.45, 7) is 2.08. The lowest BCUT2D eigenvalue weighted by atomic mass is 9.92. The van der Waals surface area contributed by atoms with Crippen molar-refractivity contribution >= 4 is 28.4 Å². The zero-order chi connectivity index (χ0) is 30.2. The zero-order valence-electron chi connectivity index (χ0n) is 23.0. The van der Waals surface area contributed by atoms with Gasteiger partial charge in [0, 0.05) is 41.1 Å². The molecule has 214 valence electrons. The summed E-state index contributed by atoms with van der Waals surface area (Å²) in [6, 6.07) is 15.3. The number of carbonyl (C=O) groups excluding carboxylic acids is 1. The fourth-order valence-electron chi connectivity index (χ4n) is 4.78. The number of phenolic OH excluding ortho intramolecular Hbond substituents is 1. The van der Waals surface area contributed by atoms with Crippen LogP contribution in [0.4, 0.5) is 24.8 Å². The molecule has 1 amide bonds. The van der Waals surface area contributed by atoms with E-state index in [1.54, 1.807) is 67.7 Å². The Labute approximate surface area is 239 Å². The van der Waals surface area contributed by atoms with Gasteiger partial charge >= 0.3 is 6.18 Å². The molecular weight excluding hydrogens is 545 g/mol. The summed E-state index contributed by atoms with van der Waals surface area (Å²) < 4.78 is 40.8. The molecule has 42 heavy (non-hydrogen) atoms. The molecule has 8 nitrogen and oxygen atoms in total. The molecule has 5 aromatic rings. The Balaban J connectivity index is 1.59. The molecule has 11 heteroatoms. The van der Waals surface area contributed by atoms with Crippen LogP contribution in [0.3, 0.4) is 0 Å². The minimum atomic E-state index is -4.58. The van der Waals surface area contributed by atoms with Crippen molar-refractivity contribution < 1.29 is 23.1 Å². The summed E-state index contributed by atoms with van der Waals surface area (Å²) in [5.41, 5.74) is 8.51. The quantitative estimate of drug-likeness (QED) is 0.219. The van der Waals surface area contributed by atoms with Crippen LogP contribution in [-0.2, 0) is 12.7 Å². The molecule has 0 aliphatic rings. The lowest BCUT2D eigenvalue weighted by Gasteiger charge is -2.17. The number of halogens is 3. The third-order valence-corrected chi connectivity index (χ3v) is 6.65. The highest BCUT2D eigenvalue weighted by Crippen LogP contribution is 2.43. The molecular formula is C31H27F3N6O2. The predicted octanol–water partition coefficient (Wildman–Crippen LogP) is 6.29. The van der Waals surface area contributed by atoms with Gasteiger partial charge in [0.15, 0.2) is 0 Å². The number of nitrogens with two attached hydrogens (primary N) is 1. The second-order valence-corrected chi connectivity index (χ2v) is 10.2. The van der Waals surface area contributed by atoms with Gasteiger partial charge in [-0.25, -0.2) is 9.97 Å². The van der Waals surface area contributed by atoms with E-state index in [1.165, 1.54) is 12.3 Å². The van der Waals surface area contributed by atoms with Gasteiger partial charge < -0.3 is 21.1 Å². The highest BCUT2D eigenvalue weighted by molar-refractivity contribution is 6.06. The molecule has 0 saturated carbocycles. The zero-order valence-corrected chi connectivity index (χ0v) is 23.0. The molecule has 0 spiro atoms. The Morgan fingerprint density at radius 2 is 1.81 bits per heavy atom. The van der Waals surface area contributed by atoms with E-state index in [0.717, 1.165) is 17.7 Å². The molecule has 0 aliphatic heterocycles. The first-order valence-electron chi connectivity index (χ1n) is 12.9. The van der Waals surface area contributed by atoms with Crippen molar-refractivity contribution in [1.29, 1.82) is 0 Å². The van der Waals surface area contributed by atoms with Gasteiger partial charge in [0.2, 0.25) is 5.95 Å². The largest absolute Gasteiger partial charge is 0.507 e. The number of hydrogen-bond donors (Lipinski definition) is 3. The van der Waals surface area contributed by atoms with E-state index in [0.29, 0.717) is 38.9 Å². The monoisotopic (exact) mass is 572 g/mol. The van der Waals surface area contributed by atoms with Gasteiger partial charge in [0.1, 0.15) is 5.75 Å². The molecule has 4 N–H and O–H groups in total. The van der Waals surface area contributed by atoms with Gasteiger partial charge in [-0.1, -0.05) is 12.1 Å². The standard InChI is InChI=1S/C31H27F3N6O2/c1-17-7-8-19(29(42)38-22-11-18(16-40(2)3)10-21(14-22)31(32,33)34)12-23(17)24-13-20-15-37-30(35)39-27(20)26(28(24)41)25-6-4-5-9-36-25/h4-15,41H,16H2,1-3H3,(H,38,42)(H2,35,37,39). The van der Waals surface area contributed by atoms with Crippen LogP contribution in [-0.4, -0.2) is 45.0 Å². The Morgan fingerprint density at radius 3 is 2.50 bits per heavy atom. The smallest absolute Gasteiger partial charge is 0.416 e. The Bertz CT molecular complexity index is 1810. The Kier molecular flexibility index (Phi) is 7.53. The van der Waals surface area contributed by atoms with Crippen molar-refractivity contribution in [2.45, 2.75) is 19.6 Å². The predicted molar refractivity (Wildman–Crippen MR) is 156 cm³/mol. The molecule has 3 aromatic carbocycles. The first kappa shape index (κ1) is 28.5. The minimum absolute atomic E-state index is 0.0227. The average Bonchev–Trinajstić information content (AvgIpc) is 2.92. The summed E-state index contributed by atoms with van der Waals surface area (Å²) in [6.07, 6.45) is -1.45. The number of fused-ring (bicyclic) bond motifs is 1. The molecule has 0 aliphatic carbocycles. The minimum Gasteiger partial charge on any atom is -0.507 e. The lowest BCUT2D eigenvalue weighted by molar-refractivity contribution is -0.137. The number of aryl methyl sites for hydroxylation is 1. The number of rotatable bonds is 6. The number of carbonyl (C=O) groups is 1. The average molecular weight is 573 g/mol. The fraction of sp³-hybridized carbons (Fsp3) is 0.161. The highest BCUT2D eigenvalue weighted by atomic mass is 19.4. The van der Waals surface area contributed by atoms with Crippen LogP contribution in [0.5, 0.6) is 5.75 Å². The third-order valence-electron chi connectivity index (χ3n) is 6.65. The number of benzene rings is 3. The maximum absolute atomic E-state index is 13.6. The first-order chi connectivity index (χ1) is 19.9. The van der Waals surface area contributed by atoms with Crippen LogP contribution in [0.2, 0.25) is 0 Å². The van der Waals surface area contributed by atoms with Crippen molar-refractivity contribution in [1.82, 2.24) is 19.9 Å². The van der Waals surface area contributed by atoms with E-state index in [9.17, 15) is 23.1 Å². The van der Waals surface area contributed by atoms with Crippen LogP contribution in [0.15, 0.2) is 73.1 Å². The van der Waals surface area contributed by atoms with Crippen molar-refractivity contribution in [3.8, 4) is 28.1 Å². The molecule has 0 fully saturated rings. The number of anilines is 2. The lowest BCUT2D eigenvalue weighted by Crippen LogP contribution is -2.16. The molecule has 0 unspecified atom stereocenters. The second-order valence-electron chi connectivity index (χ2n) is 10.2. The molecule has 0 atom stereocenters. The van der Waals surface area contributed by atoms with Crippen LogP contribution in [0, 0.1) is 6.92 Å². The van der Waals surface area contributed by atoms with E-state index in [1.807, 2.05) is 6.92 Å². The molecule has 2 heterocycles.